The first-order valence-electron chi connectivity index (χ1n) is 7.72. The number of hydrogen-bond donors (Lipinski definition) is 0. The summed E-state index contributed by atoms with van der Waals surface area (Å²) in [5.74, 6) is 0. The van der Waals surface area contributed by atoms with Gasteiger partial charge in [0.15, 0.2) is 0 Å². The van der Waals surface area contributed by atoms with Gasteiger partial charge in [-0.15, -0.1) is 0 Å². The van der Waals surface area contributed by atoms with E-state index in [1.165, 1.54) is 0 Å². The van der Waals surface area contributed by atoms with Crippen LogP contribution in [-0.2, 0) is 19.5 Å². The Hall–Kier alpha value is -0.950. The van der Waals surface area contributed by atoms with Gasteiger partial charge in [-0.25, -0.2) is 8.42 Å². The molecular weight excluding hydrogens is 302 g/mol. The first-order valence-corrected chi connectivity index (χ1v) is 9.16. The number of benzene rings is 1. The molecule has 5 nitrogen and oxygen atoms in total. The maximum atomic E-state index is 13.0. The van der Waals surface area contributed by atoms with Crippen LogP contribution in [0.5, 0.6) is 0 Å². The first kappa shape index (κ1) is 15.9. The molecule has 1 aromatic carbocycles. The van der Waals surface area contributed by atoms with Crippen molar-refractivity contribution in [1.29, 1.82) is 0 Å². The lowest BCUT2D eigenvalue weighted by Gasteiger charge is -2.44. The van der Waals surface area contributed by atoms with Crippen molar-refractivity contribution in [3.05, 3.63) is 29.8 Å². The molecule has 2 aliphatic heterocycles. The fourth-order valence-corrected chi connectivity index (χ4v) is 5.36. The third-order valence-electron chi connectivity index (χ3n) is 4.80. The molecular formula is C16H23NO4S. The summed E-state index contributed by atoms with van der Waals surface area (Å²) in [5.41, 5.74) is 0.292. The topological polar surface area (TPSA) is 55.8 Å². The van der Waals surface area contributed by atoms with Crippen LogP contribution < -0.4 is 0 Å². The molecule has 2 heterocycles. The highest BCUT2D eigenvalue weighted by molar-refractivity contribution is 7.89. The van der Waals surface area contributed by atoms with Crippen LogP contribution in [0.25, 0.3) is 0 Å². The molecule has 6 heteroatoms. The minimum Gasteiger partial charge on any atom is -0.378 e. The summed E-state index contributed by atoms with van der Waals surface area (Å²) in [4.78, 5) is 0.388. The van der Waals surface area contributed by atoms with Crippen molar-refractivity contribution in [2.24, 2.45) is 0 Å². The highest BCUT2D eigenvalue weighted by atomic mass is 32.2. The van der Waals surface area contributed by atoms with E-state index in [1.807, 2.05) is 19.1 Å². The second-order valence-electron chi connectivity index (χ2n) is 6.13. The smallest absolute Gasteiger partial charge is 0.243 e. The summed E-state index contributed by atoms with van der Waals surface area (Å²) in [6, 6.07) is 7.13. The molecule has 2 fully saturated rings. The van der Waals surface area contributed by atoms with Crippen molar-refractivity contribution in [2.75, 3.05) is 26.8 Å². The van der Waals surface area contributed by atoms with Gasteiger partial charge in [0.25, 0.3) is 0 Å². The molecule has 2 aliphatic rings. The summed E-state index contributed by atoms with van der Waals surface area (Å²) < 4.78 is 39.0. The van der Waals surface area contributed by atoms with Gasteiger partial charge in [-0.1, -0.05) is 18.2 Å². The molecule has 1 spiro atoms. The molecule has 0 bridgehead atoms. The Bertz CT molecular complexity index is 637. The van der Waals surface area contributed by atoms with Crippen LogP contribution in [0.4, 0.5) is 0 Å². The van der Waals surface area contributed by atoms with Gasteiger partial charge < -0.3 is 9.47 Å². The largest absolute Gasteiger partial charge is 0.378 e. The zero-order chi connectivity index (χ0) is 15.8. The number of piperidine rings is 1. The summed E-state index contributed by atoms with van der Waals surface area (Å²) in [5, 5.41) is 0. The van der Waals surface area contributed by atoms with Crippen LogP contribution in [0, 0.1) is 6.92 Å². The predicted octanol–water partition coefficient (Wildman–Crippen LogP) is 1.95. The van der Waals surface area contributed by atoms with Crippen molar-refractivity contribution in [3.8, 4) is 0 Å². The number of hydrogen-bond acceptors (Lipinski definition) is 4. The number of rotatable bonds is 3. The van der Waals surface area contributed by atoms with Gasteiger partial charge in [0.1, 0.15) is 5.60 Å². The summed E-state index contributed by atoms with van der Waals surface area (Å²) in [6.07, 6.45) is 2.45. The third-order valence-corrected chi connectivity index (χ3v) is 6.81. The molecule has 0 radical (unpaired) electrons. The Kier molecular flexibility index (Phi) is 4.29. The fraction of sp³-hybridized carbons (Fsp3) is 0.625. The molecule has 3 rings (SSSR count). The van der Waals surface area contributed by atoms with Crippen LogP contribution in [0.1, 0.15) is 24.8 Å². The molecule has 0 aliphatic carbocycles. The highest BCUT2D eigenvalue weighted by Crippen LogP contribution is 2.38. The van der Waals surface area contributed by atoms with E-state index in [1.54, 1.807) is 23.5 Å². The SMILES string of the molecule is CO[C@H]1CCN(S(=O)(=O)c2ccccc2C)C[C@@]12CCCO2. The Morgan fingerprint density at radius 3 is 2.77 bits per heavy atom. The molecule has 0 amide bonds. The van der Waals surface area contributed by atoms with E-state index in [0.717, 1.165) is 18.4 Å². The van der Waals surface area contributed by atoms with Gasteiger partial charge in [-0.2, -0.15) is 4.31 Å². The Labute approximate surface area is 132 Å². The molecule has 2 saturated heterocycles. The van der Waals surface area contributed by atoms with Gasteiger partial charge in [-0.05, 0) is 37.8 Å². The van der Waals surface area contributed by atoms with E-state index in [0.29, 0.717) is 31.0 Å². The molecule has 1 aromatic rings. The van der Waals surface area contributed by atoms with Crippen LogP contribution in [0.2, 0.25) is 0 Å². The van der Waals surface area contributed by atoms with Gasteiger partial charge in [-0.3, -0.25) is 0 Å². The second kappa shape index (κ2) is 5.92. The third kappa shape index (κ3) is 2.58. The van der Waals surface area contributed by atoms with Gasteiger partial charge in [0.05, 0.1) is 11.0 Å². The van der Waals surface area contributed by atoms with Gasteiger partial charge in [0.2, 0.25) is 10.0 Å². The van der Waals surface area contributed by atoms with Crippen molar-refractivity contribution >= 4 is 10.0 Å². The van der Waals surface area contributed by atoms with Crippen molar-refractivity contribution in [1.82, 2.24) is 4.31 Å². The summed E-state index contributed by atoms with van der Waals surface area (Å²) in [6.45, 7) is 3.36. The van der Waals surface area contributed by atoms with Gasteiger partial charge >= 0.3 is 0 Å². The molecule has 22 heavy (non-hydrogen) atoms. The van der Waals surface area contributed by atoms with Gasteiger partial charge in [0, 0.05) is 26.8 Å². The number of aryl methyl sites for hydroxylation is 1. The van der Waals surface area contributed by atoms with Crippen molar-refractivity contribution < 1.29 is 17.9 Å². The zero-order valence-electron chi connectivity index (χ0n) is 13.1. The van der Waals surface area contributed by atoms with Crippen LogP contribution in [0.3, 0.4) is 0 Å². The molecule has 122 valence electrons. The molecule has 0 saturated carbocycles. The molecule has 0 N–H and O–H groups in total. The lowest BCUT2D eigenvalue weighted by molar-refractivity contribution is -0.132. The number of ether oxygens (including phenoxy) is 2. The van der Waals surface area contributed by atoms with E-state index in [9.17, 15) is 8.42 Å². The minimum absolute atomic E-state index is 0.0293. The van der Waals surface area contributed by atoms with Crippen LogP contribution >= 0.6 is 0 Å². The van der Waals surface area contributed by atoms with E-state index in [-0.39, 0.29) is 6.10 Å². The lowest BCUT2D eigenvalue weighted by atomic mass is 9.88. The predicted molar refractivity (Wildman–Crippen MR) is 83.3 cm³/mol. The minimum atomic E-state index is -3.49. The standard InChI is InChI=1S/C16H23NO4S/c1-13-6-3-4-7-14(13)22(18,19)17-10-8-15(20-2)16(12-17)9-5-11-21-16/h3-4,6-7,15H,5,8-12H2,1-2H3/t15-,16-/m0/s1. The summed E-state index contributed by atoms with van der Waals surface area (Å²) >= 11 is 0. The van der Waals surface area contributed by atoms with E-state index >= 15 is 0 Å². The molecule has 0 unspecified atom stereocenters. The maximum Gasteiger partial charge on any atom is 0.243 e. The van der Waals surface area contributed by atoms with E-state index < -0.39 is 15.6 Å². The monoisotopic (exact) mass is 325 g/mol. The summed E-state index contributed by atoms with van der Waals surface area (Å²) in [7, 11) is -1.81. The second-order valence-corrected chi connectivity index (χ2v) is 8.04. The first-order chi connectivity index (χ1) is 10.5. The Morgan fingerprint density at radius 1 is 1.36 bits per heavy atom. The zero-order valence-corrected chi connectivity index (χ0v) is 13.9. The van der Waals surface area contributed by atoms with Crippen molar-refractivity contribution in [2.45, 2.75) is 42.8 Å². The van der Waals surface area contributed by atoms with Crippen LogP contribution in [-0.4, -0.2) is 51.2 Å². The average molecular weight is 325 g/mol. The highest BCUT2D eigenvalue weighted by Gasteiger charge is 2.49. The van der Waals surface area contributed by atoms with Crippen LogP contribution in [0.15, 0.2) is 29.2 Å². The average Bonchev–Trinajstić information content (AvgIpc) is 2.96. The quantitative estimate of drug-likeness (QED) is 0.852. The lowest BCUT2D eigenvalue weighted by Crippen LogP contribution is -2.58. The fourth-order valence-electron chi connectivity index (χ4n) is 3.62. The molecule has 2 atom stereocenters. The van der Waals surface area contributed by atoms with E-state index in [4.69, 9.17) is 9.47 Å². The number of methoxy groups -OCH3 is 1. The number of nitrogens with zero attached hydrogens (tertiary/aromatic N) is 1. The molecule has 0 aromatic heterocycles. The number of sulfonamides is 1. The normalized spacial score (nSPS) is 30.0. The van der Waals surface area contributed by atoms with Crippen molar-refractivity contribution in [3.63, 3.8) is 0 Å². The Balaban J connectivity index is 1.91. The van der Waals surface area contributed by atoms with E-state index in [2.05, 4.69) is 0 Å². The maximum absolute atomic E-state index is 13.0. The Morgan fingerprint density at radius 2 is 2.14 bits per heavy atom.